The molecule has 196 valence electrons. The minimum absolute atomic E-state index is 0.0911. The van der Waals surface area contributed by atoms with E-state index in [2.05, 4.69) is 33.6 Å². The smallest absolute Gasteiger partial charge is 0.329 e. The minimum atomic E-state index is -0.983. The number of pyridine rings is 1. The van der Waals surface area contributed by atoms with Crippen LogP contribution in [0.5, 0.6) is 0 Å². The Morgan fingerprint density at radius 2 is 1.97 bits per heavy atom. The zero-order chi connectivity index (χ0) is 26.5. The van der Waals surface area contributed by atoms with Gasteiger partial charge in [-0.1, -0.05) is 38.3 Å². The Bertz CT molecular complexity index is 1010. The molecule has 3 N–H and O–H groups in total. The van der Waals surface area contributed by atoms with Crippen molar-refractivity contribution in [1.29, 1.82) is 0 Å². The number of unbranched alkanes of at least 4 members (excludes halogenated alkanes) is 2. The van der Waals surface area contributed by atoms with Crippen molar-refractivity contribution < 1.29 is 28.3 Å². The highest BCUT2D eigenvalue weighted by atomic mass is 32.1. The molecule has 1 aliphatic heterocycles. The molecular weight excluding hydrogens is 487 g/mol. The van der Waals surface area contributed by atoms with E-state index in [1.807, 2.05) is 6.92 Å². The predicted molar refractivity (Wildman–Crippen MR) is 135 cm³/mol. The van der Waals surface area contributed by atoms with E-state index in [9.17, 15) is 23.6 Å². The fraction of sp³-hybridized carbons (Fsp3) is 0.480. The van der Waals surface area contributed by atoms with E-state index < -0.39 is 41.7 Å². The molecule has 11 heteroatoms. The minimum Gasteiger partial charge on any atom is -0.456 e. The van der Waals surface area contributed by atoms with Crippen LogP contribution in [0.4, 0.5) is 4.39 Å². The highest BCUT2D eigenvalue weighted by Gasteiger charge is 2.27. The molecule has 0 unspecified atom stereocenters. The molecule has 1 aromatic rings. The molecule has 1 aromatic heterocycles. The molecule has 0 aromatic carbocycles. The summed E-state index contributed by atoms with van der Waals surface area (Å²) in [4.78, 5) is 55.2. The number of ether oxygens (including phenoxy) is 1. The van der Waals surface area contributed by atoms with E-state index in [0.717, 1.165) is 18.9 Å². The maximum Gasteiger partial charge on any atom is 0.329 e. The largest absolute Gasteiger partial charge is 0.456 e. The number of hydrogen-bond donors (Lipinski definition) is 4. The second kappa shape index (κ2) is 15.0. The van der Waals surface area contributed by atoms with Crippen molar-refractivity contribution >= 4 is 36.3 Å². The third-order valence-corrected chi connectivity index (χ3v) is 5.63. The van der Waals surface area contributed by atoms with Gasteiger partial charge in [0.15, 0.2) is 0 Å². The third-order valence-electron chi connectivity index (χ3n) is 5.37. The van der Waals surface area contributed by atoms with Crippen molar-refractivity contribution in [1.82, 2.24) is 20.9 Å². The summed E-state index contributed by atoms with van der Waals surface area (Å²) in [5, 5.41) is 7.63. The number of rotatable bonds is 7. The Morgan fingerprint density at radius 1 is 1.19 bits per heavy atom. The van der Waals surface area contributed by atoms with Crippen LogP contribution in [-0.4, -0.2) is 46.6 Å². The maximum absolute atomic E-state index is 14.3. The van der Waals surface area contributed by atoms with E-state index in [1.54, 1.807) is 19.1 Å². The van der Waals surface area contributed by atoms with E-state index in [4.69, 9.17) is 4.74 Å². The summed E-state index contributed by atoms with van der Waals surface area (Å²) in [5.41, 5.74) is -0.373. The number of carbonyl (C=O) groups excluding carboxylic acids is 4. The maximum atomic E-state index is 14.3. The predicted octanol–water partition coefficient (Wildman–Crippen LogP) is 2.73. The molecule has 0 radical (unpaired) electrons. The normalized spacial score (nSPS) is 21.2. The van der Waals surface area contributed by atoms with Crippen molar-refractivity contribution in [3.8, 4) is 0 Å². The molecule has 2 atom stereocenters. The summed E-state index contributed by atoms with van der Waals surface area (Å²) >= 11 is 4.15. The number of halogens is 1. The lowest BCUT2D eigenvalue weighted by atomic mass is 10.1. The highest BCUT2D eigenvalue weighted by Crippen LogP contribution is 2.12. The SMILES string of the molecule is C/C=C1\NC(=O)c2ccc(F)c(n2)CNC(=O)C[C@@H](/C=C/CCS)OC(=O)[C@H](CCCCC)NC1=O. The number of esters is 1. The lowest BCUT2D eigenvalue weighted by Gasteiger charge is -2.22. The van der Waals surface area contributed by atoms with Gasteiger partial charge in [0.05, 0.1) is 18.7 Å². The zero-order valence-corrected chi connectivity index (χ0v) is 21.4. The van der Waals surface area contributed by atoms with E-state index in [-0.39, 0.29) is 30.1 Å². The summed E-state index contributed by atoms with van der Waals surface area (Å²) in [6, 6.07) is 1.26. The van der Waals surface area contributed by atoms with Gasteiger partial charge in [0, 0.05) is 0 Å². The first-order valence-corrected chi connectivity index (χ1v) is 12.6. The van der Waals surface area contributed by atoms with Crippen LogP contribution < -0.4 is 16.0 Å². The van der Waals surface area contributed by atoms with Crippen molar-refractivity contribution in [3.05, 3.63) is 53.3 Å². The number of aromatic nitrogens is 1. The summed E-state index contributed by atoms with van der Waals surface area (Å²) in [6.45, 7) is 3.29. The molecular formula is C25H33FN4O5S. The first-order chi connectivity index (χ1) is 17.3. The number of thiol groups is 1. The van der Waals surface area contributed by atoms with Gasteiger partial charge in [-0.15, -0.1) is 0 Å². The molecule has 0 saturated carbocycles. The molecule has 1 aliphatic rings. The van der Waals surface area contributed by atoms with Crippen LogP contribution >= 0.6 is 12.6 Å². The van der Waals surface area contributed by atoms with Gasteiger partial charge in [-0.3, -0.25) is 14.4 Å². The number of hydrogen-bond acceptors (Lipinski definition) is 7. The van der Waals surface area contributed by atoms with Crippen LogP contribution in [0.25, 0.3) is 0 Å². The number of carbonyl (C=O) groups is 4. The van der Waals surface area contributed by atoms with Gasteiger partial charge in [-0.05, 0) is 43.7 Å². The van der Waals surface area contributed by atoms with Gasteiger partial charge in [0.1, 0.15) is 29.4 Å². The zero-order valence-electron chi connectivity index (χ0n) is 20.5. The van der Waals surface area contributed by atoms with Crippen LogP contribution in [0.3, 0.4) is 0 Å². The average Bonchev–Trinajstić information content (AvgIpc) is 2.85. The molecule has 9 nitrogen and oxygen atoms in total. The molecule has 2 heterocycles. The summed E-state index contributed by atoms with van der Waals surface area (Å²) < 4.78 is 19.8. The Balaban J connectivity index is 2.41. The molecule has 2 rings (SSSR count). The third kappa shape index (κ3) is 9.10. The molecule has 36 heavy (non-hydrogen) atoms. The van der Waals surface area contributed by atoms with Gasteiger partial charge in [0.25, 0.3) is 11.8 Å². The fourth-order valence-corrected chi connectivity index (χ4v) is 3.55. The molecule has 0 saturated heterocycles. The molecule has 0 aliphatic carbocycles. The van der Waals surface area contributed by atoms with E-state index in [1.165, 1.54) is 12.1 Å². The number of fused-ring (bicyclic) bond motifs is 2. The number of nitrogens with one attached hydrogen (secondary N) is 3. The summed E-state index contributed by atoms with van der Waals surface area (Å²) in [7, 11) is 0. The quantitative estimate of drug-likeness (QED) is 0.144. The van der Waals surface area contributed by atoms with Gasteiger partial charge in [0.2, 0.25) is 5.91 Å². The number of allylic oxidation sites excluding steroid dienone is 2. The average molecular weight is 521 g/mol. The lowest BCUT2D eigenvalue weighted by molar-refractivity contribution is -0.152. The highest BCUT2D eigenvalue weighted by molar-refractivity contribution is 7.80. The first-order valence-electron chi connectivity index (χ1n) is 12.0. The summed E-state index contributed by atoms with van der Waals surface area (Å²) in [6.07, 6.45) is 6.96. The summed E-state index contributed by atoms with van der Waals surface area (Å²) in [5.74, 6) is -2.76. The second-order valence-electron chi connectivity index (χ2n) is 8.20. The Kier molecular flexibility index (Phi) is 12.1. The Labute approximate surface area is 215 Å². The lowest BCUT2D eigenvalue weighted by Crippen LogP contribution is -2.46. The number of nitrogens with zero attached hydrogens (tertiary/aromatic N) is 1. The Morgan fingerprint density at radius 3 is 2.67 bits per heavy atom. The monoisotopic (exact) mass is 520 g/mol. The Hall–Kier alpha value is -3.21. The van der Waals surface area contributed by atoms with E-state index >= 15 is 0 Å². The topological polar surface area (TPSA) is 126 Å². The van der Waals surface area contributed by atoms with Gasteiger partial charge < -0.3 is 20.7 Å². The number of amides is 3. The van der Waals surface area contributed by atoms with Gasteiger partial charge in [-0.2, -0.15) is 12.6 Å². The van der Waals surface area contributed by atoms with Crippen LogP contribution in [0.2, 0.25) is 0 Å². The van der Waals surface area contributed by atoms with Crippen LogP contribution in [0.1, 0.15) is 68.6 Å². The first kappa shape index (κ1) is 29.0. The standard InChI is InChI=1S/C25H33FN4O5S/c1-3-5-6-10-20-25(34)35-16(9-7-8-13-36)14-22(31)27-15-21-17(26)11-12-19(28-21)24(33)29-18(4-2)23(32)30-20/h4,7,9,11-12,16,20,36H,3,5-6,8,10,13-15H2,1-2H3,(H,27,31)(H,29,33)(H,30,32)/b9-7+,18-4-/t16-,20+/m1/s1. The van der Waals surface area contributed by atoms with Crippen molar-refractivity contribution in [2.75, 3.05) is 5.75 Å². The molecule has 2 bridgehead atoms. The molecule has 0 spiro atoms. The van der Waals surface area contributed by atoms with E-state index in [0.29, 0.717) is 25.0 Å². The van der Waals surface area contributed by atoms with Crippen molar-refractivity contribution in [3.63, 3.8) is 0 Å². The number of cyclic esters (lactones) is 1. The molecule has 3 amide bonds. The van der Waals surface area contributed by atoms with Crippen LogP contribution in [0.15, 0.2) is 36.1 Å². The van der Waals surface area contributed by atoms with Gasteiger partial charge >= 0.3 is 5.97 Å². The van der Waals surface area contributed by atoms with Crippen molar-refractivity contribution in [2.45, 2.75) is 71.1 Å². The molecule has 0 fully saturated rings. The second-order valence-corrected chi connectivity index (χ2v) is 8.65. The van der Waals surface area contributed by atoms with Crippen LogP contribution in [-0.2, 0) is 25.7 Å². The van der Waals surface area contributed by atoms with Gasteiger partial charge in [-0.25, -0.2) is 14.2 Å². The van der Waals surface area contributed by atoms with Crippen molar-refractivity contribution in [2.24, 2.45) is 0 Å². The van der Waals surface area contributed by atoms with Crippen LogP contribution in [0, 0.1) is 5.82 Å². The fourth-order valence-electron chi connectivity index (χ4n) is 3.40.